The Kier molecular flexibility index (Phi) is 5.53. The van der Waals surface area contributed by atoms with Crippen LogP contribution in [0.2, 0.25) is 0 Å². The molecular formula is C26H23NO4S. The molecule has 3 aromatic carbocycles. The summed E-state index contributed by atoms with van der Waals surface area (Å²) in [5, 5.41) is 0. The maximum atomic E-state index is 12.0. The lowest BCUT2D eigenvalue weighted by molar-refractivity contribution is -0.114. The van der Waals surface area contributed by atoms with Gasteiger partial charge in [-0.3, -0.25) is 9.52 Å². The highest BCUT2D eigenvalue weighted by atomic mass is 32.2. The number of hydrogen-bond acceptors (Lipinski definition) is 4. The summed E-state index contributed by atoms with van der Waals surface area (Å²) in [4.78, 5) is 11.9. The lowest BCUT2D eigenvalue weighted by Gasteiger charge is -2.16. The molecule has 2 aliphatic rings. The lowest BCUT2D eigenvalue weighted by atomic mass is 9.96. The highest BCUT2D eigenvalue weighted by Crippen LogP contribution is 2.40. The fourth-order valence-electron chi connectivity index (χ4n) is 4.33. The van der Waals surface area contributed by atoms with Gasteiger partial charge in [-0.15, -0.1) is 0 Å². The van der Waals surface area contributed by atoms with Crippen molar-refractivity contribution in [3.8, 4) is 22.6 Å². The van der Waals surface area contributed by atoms with Gasteiger partial charge in [0.2, 0.25) is 0 Å². The van der Waals surface area contributed by atoms with E-state index in [4.69, 9.17) is 9.47 Å². The van der Waals surface area contributed by atoms with Crippen molar-refractivity contribution in [3.05, 3.63) is 89.5 Å². The number of ether oxygens (including phenoxy) is 2. The summed E-state index contributed by atoms with van der Waals surface area (Å²) < 4.78 is 26.3. The molecule has 0 fully saturated rings. The zero-order valence-electron chi connectivity index (χ0n) is 17.7. The van der Waals surface area contributed by atoms with Gasteiger partial charge in [0, 0.05) is 6.08 Å². The number of hydrogen-bond donors (Lipinski definition) is 1. The van der Waals surface area contributed by atoms with Crippen molar-refractivity contribution >= 4 is 21.8 Å². The molecule has 0 radical (unpaired) electrons. The molecule has 1 N–H and O–H groups in total. The van der Waals surface area contributed by atoms with Crippen molar-refractivity contribution in [2.45, 2.75) is 25.9 Å². The van der Waals surface area contributed by atoms with Gasteiger partial charge in [-0.05, 0) is 71.8 Å². The molecular weight excluding hydrogens is 422 g/mol. The first-order valence-electron chi connectivity index (χ1n) is 10.7. The molecule has 1 unspecified atom stereocenters. The van der Waals surface area contributed by atoms with Crippen LogP contribution in [0.15, 0.2) is 72.8 Å². The van der Waals surface area contributed by atoms with E-state index in [2.05, 4.69) is 35.1 Å². The second kappa shape index (κ2) is 8.63. The predicted molar refractivity (Wildman–Crippen MR) is 125 cm³/mol. The van der Waals surface area contributed by atoms with Gasteiger partial charge < -0.3 is 9.47 Å². The van der Waals surface area contributed by atoms with E-state index in [0.717, 1.165) is 35.5 Å². The number of rotatable bonds is 6. The second-order valence-corrected chi connectivity index (χ2v) is 8.93. The Morgan fingerprint density at radius 2 is 1.81 bits per heavy atom. The van der Waals surface area contributed by atoms with Crippen molar-refractivity contribution in [2.24, 2.45) is 0 Å². The number of fused-ring (bicyclic) bond motifs is 1. The van der Waals surface area contributed by atoms with Crippen LogP contribution in [0.5, 0.6) is 11.5 Å². The smallest absolute Gasteiger partial charge is 0.257 e. The molecule has 0 bridgehead atoms. The molecule has 1 aliphatic carbocycles. The van der Waals surface area contributed by atoms with Gasteiger partial charge in [-0.25, -0.2) is 4.21 Å². The Balaban J connectivity index is 1.37. The normalized spacial score (nSPS) is 19.3. The van der Waals surface area contributed by atoms with Crippen LogP contribution in [0.3, 0.4) is 0 Å². The van der Waals surface area contributed by atoms with Gasteiger partial charge in [0.05, 0.1) is 11.5 Å². The zero-order chi connectivity index (χ0) is 22.1. The van der Waals surface area contributed by atoms with Crippen molar-refractivity contribution < 1.29 is 18.5 Å². The van der Waals surface area contributed by atoms with E-state index in [1.165, 1.54) is 22.8 Å². The van der Waals surface area contributed by atoms with Crippen molar-refractivity contribution in [1.82, 2.24) is 4.72 Å². The minimum atomic E-state index is -1.49. The molecule has 32 heavy (non-hydrogen) atoms. The minimum absolute atomic E-state index is 0.0195. The first kappa shape index (κ1) is 20.5. The quantitative estimate of drug-likeness (QED) is 0.583. The molecule has 5 nitrogen and oxygen atoms in total. The van der Waals surface area contributed by atoms with Gasteiger partial charge in [-0.2, -0.15) is 0 Å². The topological polar surface area (TPSA) is 64.6 Å². The third kappa shape index (κ3) is 3.94. The van der Waals surface area contributed by atoms with Gasteiger partial charge >= 0.3 is 0 Å². The molecule has 1 amide bonds. The van der Waals surface area contributed by atoms with Gasteiger partial charge in [0.1, 0.15) is 17.6 Å². The Morgan fingerprint density at radius 3 is 2.56 bits per heavy atom. The fraction of sp³-hybridized carbons (Fsp3) is 0.192. The summed E-state index contributed by atoms with van der Waals surface area (Å²) >= 11 is 0. The summed E-state index contributed by atoms with van der Waals surface area (Å²) in [7, 11) is -1.49. The minimum Gasteiger partial charge on any atom is -0.494 e. The maximum absolute atomic E-state index is 12.0. The van der Waals surface area contributed by atoms with Crippen LogP contribution in [0.4, 0.5) is 0 Å². The standard InChI is InChI=1S/C26H23NO4S/c1-2-30-20-6-3-5-18(15-20)21-7-4-8-23-22(21)13-14-24(23)31-19-11-9-17(10-12-19)25-16-26(28)27-32(25)29/h3-12,15-16,24H,2,13-14H2,1H3,(H,27,28)/t24-,32?/m1/s1. The van der Waals surface area contributed by atoms with Gasteiger partial charge in [-0.1, -0.05) is 42.5 Å². The molecule has 6 heteroatoms. The number of carbonyl (C=O) groups is 1. The summed E-state index contributed by atoms with van der Waals surface area (Å²) in [5.74, 6) is 1.30. The highest BCUT2D eigenvalue weighted by molar-refractivity contribution is 7.93. The average Bonchev–Trinajstić information content (AvgIpc) is 3.37. The molecule has 5 rings (SSSR count). The number of benzene rings is 3. The van der Waals surface area contributed by atoms with Gasteiger partial charge in [0.15, 0.2) is 11.0 Å². The van der Waals surface area contributed by atoms with Gasteiger partial charge in [0.25, 0.3) is 5.91 Å². The summed E-state index contributed by atoms with van der Waals surface area (Å²) in [6, 6.07) is 22.0. The summed E-state index contributed by atoms with van der Waals surface area (Å²) in [5.41, 5.74) is 5.65. The van der Waals surface area contributed by atoms with E-state index in [-0.39, 0.29) is 12.0 Å². The zero-order valence-corrected chi connectivity index (χ0v) is 18.5. The summed E-state index contributed by atoms with van der Waals surface area (Å²) in [6.45, 7) is 2.63. The molecule has 3 aromatic rings. The van der Waals surface area contributed by atoms with Crippen LogP contribution in [0.1, 0.15) is 36.1 Å². The third-order valence-corrected chi connectivity index (χ3v) is 6.88. The van der Waals surface area contributed by atoms with Crippen LogP contribution < -0.4 is 14.2 Å². The van der Waals surface area contributed by atoms with E-state index in [9.17, 15) is 9.00 Å². The number of nitrogens with one attached hydrogen (secondary N) is 1. The molecule has 1 aliphatic heterocycles. The average molecular weight is 446 g/mol. The monoisotopic (exact) mass is 445 g/mol. The largest absolute Gasteiger partial charge is 0.494 e. The van der Waals surface area contributed by atoms with E-state index in [1.54, 1.807) is 0 Å². The molecule has 0 saturated carbocycles. The first-order valence-corrected chi connectivity index (χ1v) is 11.8. The molecule has 0 spiro atoms. The SMILES string of the molecule is CCOc1cccc(-c2cccc3c2CC[C@H]3Oc2ccc(C3=CC(=O)NS3=O)cc2)c1. The van der Waals surface area contributed by atoms with Crippen LogP contribution in [-0.4, -0.2) is 16.7 Å². The number of carbonyl (C=O) groups excluding carboxylic acids is 1. The Bertz CT molecular complexity index is 1230. The Hall–Kier alpha value is -3.38. The Labute approximate surface area is 189 Å². The van der Waals surface area contributed by atoms with Crippen LogP contribution >= 0.6 is 0 Å². The fourth-order valence-corrected chi connectivity index (χ4v) is 5.25. The maximum Gasteiger partial charge on any atom is 0.257 e. The number of amides is 1. The van der Waals surface area contributed by atoms with E-state index in [0.29, 0.717) is 11.5 Å². The first-order chi connectivity index (χ1) is 15.6. The van der Waals surface area contributed by atoms with Crippen molar-refractivity contribution in [2.75, 3.05) is 6.61 Å². The van der Waals surface area contributed by atoms with E-state index < -0.39 is 11.0 Å². The highest BCUT2D eigenvalue weighted by Gasteiger charge is 2.27. The van der Waals surface area contributed by atoms with E-state index >= 15 is 0 Å². The van der Waals surface area contributed by atoms with Crippen molar-refractivity contribution in [1.29, 1.82) is 0 Å². The molecule has 0 saturated heterocycles. The lowest BCUT2D eigenvalue weighted by Crippen LogP contribution is -2.16. The van der Waals surface area contributed by atoms with Crippen LogP contribution in [-0.2, 0) is 22.2 Å². The Morgan fingerprint density at radius 1 is 1.00 bits per heavy atom. The predicted octanol–water partition coefficient (Wildman–Crippen LogP) is 4.95. The molecule has 0 aromatic heterocycles. The molecule has 162 valence electrons. The third-order valence-electron chi connectivity index (χ3n) is 5.74. The second-order valence-electron chi connectivity index (χ2n) is 7.75. The summed E-state index contributed by atoms with van der Waals surface area (Å²) in [6.07, 6.45) is 3.22. The molecule has 2 atom stereocenters. The van der Waals surface area contributed by atoms with Crippen molar-refractivity contribution in [3.63, 3.8) is 0 Å². The van der Waals surface area contributed by atoms with Crippen LogP contribution in [0.25, 0.3) is 16.0 Å². The van der Waals surface area contributed by atoms with E-state index in [1.807, 2.05) is 43.3 Å². The molecule has 1 heterocycles. The van der Waals surface area contributed by atoms with Crippen LogP contribution in [0, 0.1) is 0 Å².